The molecule has 1 fully saturated rings. The highest BCUT2D eigenvalue weighted by Crippen LogP contribution is 2.36. The predicted molar refractivity (Wildman–Crippen MR) is 148 cm³/mol. The van der Waals surface area contributed by atoms with Crippen LogP contribution >= 0.6 is 0 Å². The van der Waals surface area contributed by atoms with E-state index >= 15 is 0 Å². The molecule has 0 unspecified atom stereocenters. The summed E-state index contributed by atoms with van der Waals surface area (Å²) in [6.45, 7) is 0. The number of nitrogens with zero attached hydrogens (tertiary/aromatic N) is 2. The lowest BCUT2D eigenvalue weighted by Gasteiger charge is -2.25. The summed E-state index contributed by atoms with van der Waals surface area (Å²) in [7, 11) is 0. The highest BCUT2D eigenvalue weighted by Gasteiger charge is 2.25. The number of aliphatic carboxylic acids is 1. The molecule has 206 valence electrons. The number of carboxylic acid groups (broad SMARTS) is 1. The standard InChI is InChI=1S/C30H30N4O6/c31-28(38)24(15-18-6-10-26(35)19(14-18)8-11-27(36)37)33-30(39)20-7-9-25-23(16-20)32-29(21-12-13-40-17-21)34(25)22-4-2-1-3-5-22/h6-14,16-17,22,24,35H,1-5,15H2,(H2,31,38)(H,33,39)(H,36,37)/t24-/m0/s1. The molecule has 2 aromatic heterocycles. The van der Waals surface area contributed by atoms with Crippen molar-refractivity contribution in [3.8, 4) is 17.1 Å². The monoisotopic (exact) mass is 542 g/mol. The van der Waals surface area contributed by atoms with E-state index in [1.165, 1.54) is 24.6 Å². The fraction of sp³-hybridized carbons (Fsp3) is 0.267. The zero-order valence-electron chi connectivity index (χ0n) is 21.7. The van der Waals surface area contributed by atoms with Crippen molar-refractivity contribution in [1.29, 1.82) is 0 Å². The van der Waals surface area contributed by atoms with Gasteiger partial charge >= 0.3 is 5.97 Å². The molecule has 5 N–H and O–H groups in total. The van der Waals surface area contributed by atoms with E-state index in [9.17, 15) is 19.5 Å². The highest BCUT2D eigenvalue weighted by atomic mass is 16.4. The van der Waals surface area contributed by atoms with Gasteiger partial charge in [-0.2, -0.15) is 0 Å². The molecule has 1 saturated carbocycles. The van der Waals surface area contributed by atoms with E-state index in [1.807, 2.05) is 12.1 Å². The Hall–Kier alpha value is -4.86. The van der Waals surface area contributed by atoms with Crippen LogP contribution in [0.1, 0.15) is 59.6 Å². The number of hydrogen-bond acceptors (Lipinski definition) is 6. The van der Waals surface area contributed by atoms with Crippen molar-refractivity contribution in [1.82, 2.24) is 14.9 Å². The van der Waals surface area contributed by atoms with E-state index in [0.717, 1.165) is 48.7 Å². The molecule has 40 heavy (non-hydrogen) atoms. The number of phenols is 1. The number of amides is 2. The number of hydrogen-bond donors (Lipinski definition) is 4. The largest absolute Gasteiger partial charge is 0.507 e. The summed E-state index contributed by atoms with van der Waals surface area (Å²) in [4.78, 5) is 41.2. The molecule has 1 aliphatic rings. The Morgan fingerprint density at radius 1 is 1.12 bits per heavy atom. The summed E-state index contributed by atoms with van der Waals surface area (Å²) in [5.74, 6) is -1.69. The molecule has 5 rings (SSSR count). The van der Waals surface area contributed by atoms with Crippen molar-refractivity contribution in [2.24, 2.45) is 5.73 Å². The van der Waals surface area contributed by atoms with Gasteiger partial charge in [0, 0.05) is 29.7 Å². The molecule has 0 saturated heterocycles. The lowest BCUT2D eigenvalue weighted by atomic mass is 9.95. The van der Waals surface area contributed by atoms with Crippen molar-refractivity contribution >= 4 is 34.9 Å². The first kappa shape index (κ1) is 26.7. The molecule has 1 atom stereocenters. The van der Waals surface area contributed by atoms with Crippen LogP contribution < -0.4 is 11.1 Å². The molecule has 0 bridgehead atoms. The first-order valence-corrected chi connectivity index (χ1v) is 13.2. The summed E-state index contributed by atoms with van der Waals surface area (Å²) >= 11 is 0. The van der Waals surface area contributed by atoms with Gasteiger partial charge in [0.25, 0.3) is 5.91 Å². The molecule has 10 heteroatoms. The smallest absolute Gasteiger partial charge is 0.328 e. The number of aromatic nitrogens is 2. The van der Waals surface area contributed by atoms with Gasteiger partial charge in [-0.15, -0.1) is 0 Å². The zero-order chi connectivity index (χ0) is 28.2. The Labute approximate surface area is 230 Å². The predicted octanol–water partition coefficient (Wildman–Crippen LogP) is 4.43. The second kappa shape index (κ2) is 11.5. The second-order valence-corrected chi connectivity index (χ2v) is 10.0. The van der Waals surface area contributed by atoms with Crippen molar-refractivity contribution in [2.75, 3.05) is 0 Å². The Morgan fingerprint density at radius 2 is 1.93 bits per heavy atom. The third kappa shape index (κ3) is 5.75. The van der Waals surface area contributed by atoms with Crippen LogP contribution in [0.2, 0.25) is 0 Å². The molecule has 0 aliphatic heterocycles. The zero-order valence-corrected chi connectivity index (χ0v) is 21.7. The first-order chi connectivity index (χ1) is 19.3. The van der Waals surface area contributed by atoms with Gasteiger partial charge in [0.15, 0.2) is 0 Å². The van der Waals surface area contributed by atoms with Gasteiger partial charge < -0.3 is 30.2 Å². The number of nitrogens with two attached hydrogens (primary N) is 1. The van der Waals surface area contributed by atoms with Crippen LogP contribution in [0.15, 0.2) is 65.5 Å². The van der Waals surface area contributed by atoms with Gasteiger partial charge in [0.05, 0.1) is 22.9 Å². The second-order valence-electron chi connectivity index (χ2n) is 10.0. The van der Waals surface area contributed by atoms with E-state index < -0.39 is 23.8 Å². The number of aromatic hydroxyl groups is 1. The van der Waals surface area contributed by atoms with Gasteiger partial charge in [0.2, 0.25) is 5.91 Å². The fourth-order valence-electron chi connectivity index (χ4n) is 5.27. The summed E-state index contributed by atoms with van der Waals surface area (Å²) in [5, 5.41) is 21.6. The minimum Gasteiger partial charge on any atom is -0.507 e. The number of carboxylic acids is 1. The van der Waals surface area contributed by atoms with Crippen molar-refractivity contribution in [3.63, 3.8) is 0 Å². The minimum atomic E-state index is -1.16. The van der Waals surface area contributed by atoms with E-state index in [4.69, 9.17) is 20.2 Å². The molecule has 0 spiro atoms. The number of carbonyl (C=O) groups is 3. The Balaban J connectivity index is 1.40. The van der Waals surface area contributed by atoms with Crippen LogP contribution in [-0.2, 0) is 16.0 Å². The Morgan fingerprint density at radius 3 is 2.62 bits per heavy atom. The maximum atomic E-state index is 13.2. The van der Waals surface area contributed by atoms with Crippen molar-refractivity contribution in [2.45, 2.75) is 50.6 Å². The molecular weight excluding hydrogens is 512 g/mol. The number of phenolic OH excluding ortho intramolecular Hbond substituents is 1. The van der Waals surface area contributed by atoms with E-state index in [0.29, 0.717) is 22.7 Å². The van der Waals surface area contributed by atoms with E-state index in [1.54, 1.807) is 30.7 Å². The maximum Gasteiger partial charge on any atom is 0.328 e. The Bertz CT molecular complexity index is 1580. The van der Waals surface area contributed by atoms with Gasteiger partial charge in [-0.25, -0.2) is 9.78 Å². The topological polar surface area (TPSA) is 161 Å². The van der Waals surface area contributed by atoms with E-state index in [2.05, 4.69) is 9.88 Å². The molecule has 2 heterocycles. The molecule has 2 aromatic carbocycles. The number of benzene rings is 2. The maximum absolute atomic E-state index is 13.2. The van der Waals surface area contributed by atoms with E-state index in [-0.39, 0.29) is 17.7 Å². The summed E-state index contributed by atoms with van der Waals surface area (Å²) < 4.78 is 7.56. The number of furan rings is 1. The SMILES string of the molecule is NC(=O)[C@H](Cc1ccc(O)c(C=CC(=O)O)c1)NC(=O)c1ccc2c(c1)nc(-c1ccoc1)n2C1CCCCC1. The quantitative estimate of drug-likeness (QED) is 0.228. The third-order valence-corrected chi connectivity index (χ3v) is 7.26. The highest BCUT2D eigenvalue weighted by molar-refractivity contribution is 6.00. The minimum absolute atomic E-state index is 0.0540. The number of fused-ring (bicyclic) bond motifs is 1. The molecule has 2 amide bonds. The normalized spacial score (nSPS) is 14.9. The number of primary amides is 1. The number of nitrogens with one attached hydrogen (secondary N) is 1. The van der Waals surface area contributed by atoms with Crippen LogP contribution in [0, 0.1) is 0 Å². The summed E-state index contributed by atoms with van der Waals surface area (Å²) in [6, 6.07) is 11.0. The first-order valence-electron chi connectivity index (χ1n) is 13.2. The average molecular weight is 543 g/mol. The summed E-state index contributed by atoms with van der Waals surface area (Å²) in [6.07, 6.45) is 11.1. The van der Waals surface area contributed by atoms with Crippen molar-refractivity contribution in [3.05, 3.63) is 77.8 Å². The summed E-state index contributed by atoms with van der Waals surface area (Å²) in [5.41, 5.74) is 9.25. The number of carbonyl (C=O) groups excluding carboxylic acids is 2. The van der Waals surface area contributed by atoms with Gasteiger partial charge in [-0.05, 0) is 60.9 Å². The molecule has 10 nitrogen and oxygen atoms in total. The molecule has 4 aromatic rings. The molecule has 0 radical (unpaired) electrons. The molecule has 1 aliphatic carbocycles. The van der Waals surface area contributed by atoms with Gasteiger partial charge in [-0.1, -0.05) is 25.3 Å². The fourth-order valence-corrected chi connectivity index (χ4v) is 5.27. The van der Waals surface area contributed by atoms with Crippen LogP contribution in [-0.4, -0.2) is 43.6 Å². The Kier molecular flexibility index (Phi) is 7.68. The van der Waals surface area contributed by atoms with Crippen molar-refractivity contribution < 1.29 is 29.0 Å². The van der Waals surface area contributed by atoms with Crippen LogP contribution in [0.5, 0.6) is 5.75 Å². The third-order valence-electron chi connectivity index (χ3n) is 7.26. The van der Waals surface area contributed by atoms with Gasteiger partial charge in [0.1, 0.15) is 23.9 Å². The molecular formula is C30H30N4O6. The lowest BCUT2D eigenvalue weighted by molar-refractivity contribution is -0.131. The van der Waals surface area contributed by atoms with Crippen LogP contribution in [0.4, 0.5) is 0 Å². The average Bonchev–Trinajstić information content (AvgIpc) is 3.61. The number of imidazole rings is 1. The van der Waals surface area contributed by atoms with Gasteiger partial charge in [-0.3, -0.25) is 9.59 Å². The number of rotatable bonds is 9. The lowest BCUT2D eigenvalue weighted by Crippen LogP contribution is -2.45. The van der Waals surface area contributed by atoms with Crippen LogP contribution in [0.25, 0.3) is 28.5 Å². The van der Waals surface area contributed by atoms with Crippen LogP contribution in [0.3, 0.4) is 0 Å².